The second-order valence-corrected chi connectivity index (χ2v) is 19.5. The fourth-order valence-electron chi connectivity index (χ4n) is 7.94. The zero-order valence-corrected chi connectivity index (χ0v) is 36.1. The number of nitrogen functional groups attached to an aromatic ring is 1. The number of aromatic amines is 2. The highest BCUT2D eigenvalue weighted by Gasteiger charge is 2.36. The van der Waals surface area contributed by atoms with Gasteiger partial charge in [0.15, 0.2) is 5.78 Å². The van der Waals surface area contributed by atoms with E-state index in [1.165, 1.54) is 63.5 Å². The van der Waals surface area contributed by atoms with E-state index in [-0.39, 0.29) is 65.8 Å². The fourth-order valence-corrected chi connectivity index (χ4v) is 12.0. The number of fused-ring (bicyclic) bond motifs is 4. The van der Waals surface area contributed by atoms with Gasteiger partial charge in [-0.05, 0) is 78.9 Å². The third-order valence-corrected chi connectivity index (χ3v) is 15.4. The number of aromatic nitrogens is 2. The molecule has 10 rings (SSSR count). The lowest BCUT2D eigenvalue weighted by Gasteiger charge is -2.27. The number of hydrogen-bond donors (Lipinski definition) is 3. The number of benzene rings is 4. The number of anilines is 3. The summed E-state index contributed by atoms with van der Waals surface area (Å²) in [6.07, 6.45) is 4.32. The van der Waals surface area contributed by atoms with Crippen molar-refractivity contribution in [3.05, 3.63) is 132 Å². The summed E-state index contributed by atoms with van der Waals surface area (Å²) in [6.45, 7) is 2.50. The van der Waals surface area contributed by atoms with Crippen molar-refractivity contribution in [2.75, 3.05) is 53.9 Å². The van der Waals surface area contributed by atoms with Crippen molar-refractivity contribution < 1.29 is 31.1 Å². The van der Waals surface area contributed by atoms with E-state index >= 15 is 0 Å². The quantitative estimate of drug-likeness (QED) is 0.188. The van der Waals surface area contributed by atoms with Gasteiger partial charge in [-0.15, -0.1) is 0 Å². The van der Waals surface area contributed by atoms with Crippen molar-refractivity contribution in [2.45, 2.75) is 29.1 Å². The molecular weight excluding hydrogens is 894 g/mol. The number of carbonyl (C=O) groups is 1. The summed E-state index contributed by atoms with van der Waals surface area (Å²) in [5.41, 5.74) is 9.75. The van der Waals surface area contributed by atoms with Gasteiger partial charge in [-0.25, -0.2) is 16.8 Å². The van der Waals surface area contributed by atoms with E-state index in [1.54, 1.807) is 12.1 Å². The molecule has 0 atom stereocenters. The molecule has 2 aromatic heterocycles. The standard InChI is InChI=1S/C22H18ClN3O4S.C18H13ClN4O3S.C3H4O2/c23-18-10-25-22(27)17-2-1-3-20(21(17)18)31(28,29)26-5-4-16-15(7-14-11-30-12-14)6-13(9-24)8-19(16)26;19-13-9-22-18(24)12-2-1-3-16(17(12)13)27(25,26)23-5-4-11-14(21)6-10(8-20)7-15(11)23;4-3-1-5-2-3/h1-3,6,8,10,14H,4-5,7,11-12H2,(H,25,27);1-3,6-7,9H,4-5,21H2,(H,22,24);1-2H2. The minimum atomic E-state index is -4.03. The molecule has 0 bridgehead atoms. The van der Waals surface area contributed by atoms with E-state index in [1.807, 2.05) is 12.1 Å². The van der Waals surface area contributed by atoms with Gasteiger partial charge in [-0.1, -0.05) is 35.3 Å². The maximum Gasteiger partial charge on any atom is 0.265 e. The van der Waals surface area contributed by atoms with Gasteiger partial charge in [0.05, 0.1) is 67.7 Å². The van der Waals surface area contributed by atoms with Crippen molar-refractivity contribution >= 4 is 87.6 Å². The van der Waals surface area contributed by atoms with E-state index in [9.17, 15) is 41.7 Å². The number of H-pyrrole nitrogens is 2. The number of sulfonamides is 2. The Bertz CT molecular complexity index is 3320. The van der Waals surface area contributed by atoms with Gasteiger partial charge in [0.25, 0.3) is 31.2 Å². The molecule has 0 amide bonds. The normalized spacial score (nSPS) is 15.5. The fraction of sp³-hybridized carbons (Fsp3) is 0.233. The molecule has 0 spiro atoms. The number of hydrogen-bond acceptors (Lipinski definition) is 12. The Morgan fingerprint density at radius 1 is 0.714 bits per heavy atom. The molecule has 6 heterocycles. The first-order valence-corrected chi connectivity index (χ1v) is 23.0. The van der Waals surface area contributed by atoms with Crippen molar-refractivity contribution in [1.29, 1.82) is 10.5 Å². The number of rotatable bonds is 6. The highest BCUT2D eigenvalue weighted by atomic mass is 35.5. The number of ether oxygens (including phenoxy) is 2. The highest BCUT2D eigenvalue weighted by Crippen LogP contribution is 2.41. The third kappa shape index (κ3) is 8.02. The maximum atomic E-state index is 13.7. The molecule has 0 radical (unpaired) electrons. The van der Waals surface area contributed by atoms with Crippen LogP contribution < -0.4 is 25.5 Å². The summed E-state index contributed by atoms with van der Waals surface area (Å²) >= 11 is 12.5. The average molecular weight is 929 g/mol. The predicted octanol–water partition coefficient (Wildman–Crippen LogP) is 4.97. The van der Waals surface area contributed by atoms with Crippen LogP contribution in [0.25, 0.3) is 21.5 Å². The minimum absolute atomic E-state index is 0.0229. The van der Waals surface area contributed by atoms with Crippen LogP contribution in [0.3, 0.4) is 0 Å². The summed E-state index contributed by atoms with van der Waals surface area (Å²) in [5.74, 6) is 0.595. The van der Waals surface area contributed by atoms with Crippen LogP contribution in [0.15, 0.2) is 92.4 Å². The van der Waals surface area contributed by atoms with Crippen molar-refractivity contribution in [3.8, 4) is 12.1 Å². The number of nitrogens with two attached hydrogens (primary N) is 1. The van der Waals surface area contributed by atoms with Crippen LogP contribution in [0.4, 0.5) is 17.1 Å². The molecule has 2 saturated heterocycles. The van der Waals surface area contributed by atoms with Crippen LogP contribution in [0, 0.1) is 28.6 Å². The van der Waals surface area contributed by atoms with Crippen LogP contribution >= 0.6 is 23.2 Å². The van der Waals surface area contributed by atoms with Crippen LogP contribution in [0.1, 0.15) is 27.8 Å². The zero-order chi connectivity index (χ0) is 44.8. The molecular formula is C43H35Cl2N7O9S2. The lowest BCUT2D eigenvalue weighted by molar-refractivity contribution is -0.140. The first-order chi connectivity index (χ1) is 30.1. The summed E-state index contributed by atoms with van der Waals surface area (Å²) < 4.78 is 66.6. The minimum Gasteiger partial charge on any atom is -0.398 e. The number of Topliss-reactive ketones (excluding diaryl/α,β-unsaturated/α-hetero) is 1. The number of halogens is 2. The molecule has 4 aliphatic heterocycles. The molecule has 322 valence electrons. The van der Waals surface area contributed by atoms with Gasteiger partial charge in [-0.2, -0.15) is 10.5 Å². The summed E-state index contributed by atoms with van der Waals surface area (Å²) in [5, 5.41) is 19.7. The summed E-state index contributed by atoms with van der Waals surface area (Å²) in [7, 11) is -8.05. The largest absolute Gasteiger partial charge is 0.398 e. The molecule has 0 unspecified atom stereocenters. The smallest absolute Gasteiger partial charge is 0.265 e. The molecule has 0 saturated carbocycles. The van der Waals surface area contributed by atoms with Gasteiger partial charge >= 0.3 is 0 Å². The topological polar surface area (TPSA) is 250 Å². The molecule has 4 aromatic carbocycles. The highest BCUT2D eigenvalue weighted by molar-refractivity contribution is 7.93. The predicted molar refractivity (Wildman–Crippen MR) is 236 cm³/mol. The number of nitriles is 2. The van der Waals surface area contributed by atoms with Crippen LogP contribution in [-0.2, 0) is 53.6 Å². The first-order valence-electron chi connectivity index (χ1n) is 19.3. The maximum absolute atomic E-state index is 13.7. The molecule has 16 nitrogen and oxygen atoms in total. The van der Waals surface area contributed by atoms with E-state index < -0.39 is 31.2 Å². The van der Waals surface area contributed by atoms with Gasteiger partial charge in [-0.3, -0.25) is 23.0 Å². The monoisotopic (exact) mass is 927 g/mol. The Kier molecular flexibility index (Phi) is 11.8. The second-order valence-electron chi connectivity index (χ2n) is 15.0. The Hall–Kier alpha value is -6.25. The number of carbonyl (C=O) groups excluding carboxylic acids is 1. The molecule has 20 heteroatoms. The number of pyridine rings is 2. The number of nitrogens with zero attached hydrogens (tertiary/aromatic N) is 4. The summed E-state index contributed by atoms with van der Waals surface area (Å²) in [6, 6.07) is 19.6. The van der Waals surface area contributed by atoms with Crippen LogP contribution in [0.5, 0.6) is 0 Å². The van der Waals surface area contributed by atoms with E-state index in [2.05, 4.69) is 20.8 Å². The lowest BCUT2D eigenvalue weighted by atomic mass is 9.92. The van der Waals surface area contributed by atoms with Crippen molar-refractivity contribution in [2.24, 2.45) is 5.92 Å². The first kappa shape index (κ1) is 43.4. The third-order valence-electron chi connectivity index (χ3n) is 11.1. The van der Waals surface area contributed by atoms with Crippen LogP contribution in [-0.4, -0.2) is 72.1 Å². The molecule has 63 heavy (non-hydrogen) atoms. The molecule has 4 aliphatic rings. The summed E-state index contributed by atoms with van der Waals surface area (Å²) in [4.78, 5) is 39.0. The Morgan fingerprint density at radius 3 is 1.63 bits per heavy atom. The van der Waals surface area contributed by atoms with Gasteiger partial charge < -0.3 is 25.2 Å². The SMILES string of the molecule is N#Cc1cc(CC2COC2)c2c(c1)N(S(=O)(=O)c1cccc3c(=O)[nH]cc(Cl)c13)CC2.N#Cc1cc(N)c2c(c1)N(S(=O)(=O)c1cccc3c(=O)[nH]cc(Cl)c13)CC2.O=C1COC1. The van der Waals surface area contributed by atoms with Gasteiger partial charge in [0.1, 0.15) is 13.2 Å². The molecule has 0 aliphatic carbocycles. The Labute approximate surface area is 370 Å². The Balaban J connectivity index is 0.000000157. The average Bonchev–Trinajstić information content (AvgIpc) is 3.90. The molecule has 6 aromatic rings. The van der Waals surface area contributed by atoms with Gasteiger partial charge in [0.2, 0.25) is 0 Å². The van der Waals surface area contributed by atoms with E-state index in [0.29, 0.717) is 73.4 Å². The van der Waals surface area contributed by atoms with E-state index in [4.69, 9.17) is 33.7 Å². The Morgan fingerprint density at radius 2 is 1.19 bits per heavy atom. The van der Waals surface area contributed by atoms with Crippen molar-refractivity contribution in [3.63, 3.8) is 0 Å². The molecule has 4 N–H and O–H groups in total. The van der Waals surface area contributed by atoms with Crippen molar-refractivity contribution in [1.82, 2.24) is 9.97 Å². The van der Waals surface area contributed by atoms with Gasteiger partial charge in [0, 0.05) is 64.2 Å². The zero-order valence-electron chi connectivity index (χ0n) is 33.0. The van der Waals surface area contributed by atoms with Crippen LogP contribution in [0.2, 0.25) is 10.0 Å². The number of ketones is 1. The molecule has 2 fully saturated rings. The second kappa shape index (κ2) is 17.1. The lowest BCUT2D eigenvalue weighted by Crippen LogP contribution is -2.30. The number of nitrogens with one attached hydrogen (secondary N) is 2. The van der Waals surface area contributed by atoms with E-state index in [0.717, 1.165) is 17.5 Å².